The number of carbonyl (C=O) groups is 1. The van der Waals surface area contributed by atoms with Crippen LogP contribution in [0, 0.1) is 24.7 Å². The van der Waals surface area contributed by atoms with Gasteiger partial charge in [-0.25, -0.2) is 4.98 Å². The zero-order valence-electron chi connectivity index (χ0n) is 7.67. The second kappa shape index (κ2) is 4.38. The molecule has 4 heteroatoms. The van der Waals surface area contributed by atoms with Gasteiger partial charge in [0, 0.05) is 5.56 Å². The molecule has 0 atom stereocenters. The maximum Gasteiger partial charge on any atom is 0.229 e. The van der Waals surface area contributed by atoms with Gasteiger partial charge in [0.05, 0.1) is 12.1 Å². The van der Waals surface area contributed by atoms with Crippen LogP contribution >= 0.6 is 0 Å². The highest BCUT2D eigenvalue weighted by molar-refractivity contribution is 5.76. The lowest BCUT2D eigenvalue weighted by atomic mass is 10.2. The van der Waals surface area contributed by atoms with Gasteiger partial charge in [-0.3, -0.25) is 4.79 Å². The maximum absolute atomic E-state index is 12.6. The average Bonchev–Trinajstić information content (AvgIpc) is 2.08. The van der Waals surface area contributed by atoms with Crippen LogP contribution in [0.25, 0.3) is 0 Å². The minimum atomic E-state index is -0.539. The monoisotopic (exact) mass is 192 g/mol. The topological polar surface area (TPSA) is 56.0 Å². The van der Waals surface area contributed by atoms with Crippen LogP contribution in [0.4, 0.5) is 4.39 Å². The van der Waals surface area contributed by atoms with E-state index in [-0.39, 0.29) is 6.42 Å². The zero-order valence-corrected chi connectivity index (χ0v) is 7.67. The molecule has 0 bridgehead atoms. The molecule has 1 amide bonds. The van der Waals surface area contributed by atoms with Crippen molar-refractivity contribution < 1.29 is 9.18 Å². The third kappa shape index (κ3) is 2.87. The molecule has 1 aromatic rings. The number of aryl methyl sites for hydroxylation is 1. The predicted octanol–water partition coefficient (Wildman–Crippen LogP) is 0.756. The molecule has 2 N–H and O–H groups in total. The van der Waals surface area contributed by atoms with Gasteiger partial charge >= 0.3 is 0 Å². The Morgan fingerprint density at radius 3 is 2.93 bits per heavy atom. The van der Waals surface area contributed by atoms with E-state index in [4.69, 9.17) is 5.73 Å². The second-order valence-electron chi connectivity index (χ2n) is 2.71. The predicted molar refractivity (Wildman–Crippen MR) is 49.6 cm³/mol. The Hall–Kier alpha value is -1.89. The molecule has 1 aromatic heterocycles. The van der Waals surface area contributed by atoms with Crippen molar-refractivity contribution in [1.82, 2.24) is 4.98 Å². The van der Waals surface area contributed by atoms with Crippen molar-refractivity contribution in [2.24, 2.45) is 5.73 Å². The van der Waals surface area contributed by atoms with Gasteiger partial charge in [0.25, 0.3) is 0 Å². The van der Waals surface area contributed by atoms with Gasteiger partial charge in [0.15, 0.2) is 0 Å². The highest BCUT2D eigenvalue weighted by Crippen LogP contribution is 2.03. The molecule has 0 aromatic carbocycles. The van der Waals surface area contributed by atoms with Crippen LogP contribution in [-0.4, -0.2) is 10.9 Å². The number of halogens is 1. The maximum atomic E-state index is 12.6. The van der Waals surface area contributed by atoms with E-state index in [1.54, 1.807) is 6.92 Å². The molecule has 0 unspecified atom stereocenters. The minimum absolute atomic E-state index is 0.00316. The molecule has 0 spiro atoms. The number of nitrogens with zero attached hydrogens (tertiary/aromatic N) is 1. The van der Waals surface area contributed by atoms with Crippen LogP contribution in [-0.2, 0) is 4.79 Å². The second-order valence-corrected chi connectivity index (χ2v) is 2.71. The molecule has 72 valence electrons. The Bertz CT molecular complexity index is 418. The van der Waals surface area contributed by atoms with E-state index in [1.165, 1.54) is 12.1 Å². The van der Waals surface area contributed by atoms with Crippen LogP contribution in [0.5, 0.6) is 0 Å². The molecule has 0 aliphatic carbocycles. The lowest BCUT2D eigenvalue weighted by Crippen LogP contribution is -2.08. The fourth-order valence-electron chi connectivity index (χ4n) is 0.889. The Labute approximate surface area is 81.1 Å². The Morgan fingerprint density at radius 1 is 1.64 bits per heavy atom. The summed E-state index contributed by atoms with van der Waals surface area (Å²) in [7, 11) is 0. The molecule has 0 saturated carbocycles. The van der Waals surface area contributed by atoms with Crippen LogP contribution in [0.2, 0.25) is 0 Å². The van der Waals surface area contributed by atoms with E-state index in [2.05, 4.69) is 16.8 Å². The largest absolute Gasteiger partial charge is 0.369 e. The van der Waals surface area contributed by atoms with Crippen molar-refractivity contribution in [3.63, 3.8) is 0 Å². The van der Waals surface area contributed by atoms with Gasteiger partial charge < -0.3 is 5.73 Å². The SMILES string of the molecule is Cc1nc(F)ccc1C#CCC(N)=O. The molecule has 0 aliphatic heterocycles. The fourth-order valence-corrected chi connectivity index (χ4v) is 0.889. The zero-order chi connectivity index (χ0) is 10.6. The average molecular weight is 192 g/mol. The Morgan fingerprint density at radius 2 is 2.36 bits per heavy atom. The van der Waals surface area contributed by atoms with Crippen molar-refractivity contribution in [2.45, 2.75) is 13.3 Å². The number of rotatable bonds is 1. The Kier molecular flexibility index (Phi) is 3.19. The number of aromatic nitrogens is 1. The van der Waals surface area contributed by atoms with Crippen molar-refractivity contribution >= 4 is 5.91 Å². The summed E-state index contributed by atoms with van der Waals surface area (Å²) in [6.07, 6.45) is -0.00316. The lowest BCUT2D eigenvalue weighted by molar-refractivity contribution is -0.117. The molecular formula is C10H9FN2O. The van der Waals surface area contributed by atoms with E-state index < -0.39 is 11.9 Å². The summed E-state index contributed by atoms with van der Waals surface area (Å²) in [5, 5.41) is 0. The number of pyridine rings is 1. The van der Waals surface area contributed by atoms with E-state index in [1.807, 2.05) is 0 Å². The van der Waals surface area contributed by atoms with Crippen LogP contribution in [0.3, 0.4) is 0 Å². The van der Waals surface area contributed by atoms with Gasteiger partial charge in [-0.1, -0.05) is 11.8 Å². The summed E-state index contributed by atoms with van der Waals surface area (Å²) < 4.78 is 12.6. The van der Waals surface area contributed by atoms with Gasteiger partial charge in [0.1, 0.15) is 0 Å². The first-order chi connectivity index (χ1) is 6.59. The first-order valence-corrected chi connectivity index (χ1v) is 4.00. The quantitative estimate of drug-likeness (QED) is 0.527. The number of amides is 1. The number of primary amides is 1. The molecule has 1 rings (SSSR count). The van der Waals surface area contributed by atoms with Gasteiger partial charge in [0.2, 0.25) is 11.9 Å². The van der Waals surface area contributed by atoms with Crippen LogP contribution in [0.1, 0.15) is 17.7 Å². The molecule has 1 heterocycles. The third-order valence-electron chi connectivity index (χ3n) is 1.54. The van der Waals surface area contributed by atoms with Crippen molar-refractivity contribution in [1.29, 1.82) is 0 Å². The third-order valence-corrected chi connectivity index (χ3v) is 1.54. The number of nitrogens with two attached hydrogens (primary N) is 1. The molecule has 0 saturated heterocycles. The molecule has 0 fully saturated rings. The Balaban J connectivity index is 2.85. The lowest BCUT2D eigenvalue weighted by Gasteiger charge is -1.95. The fraction of sp³-hybridized carbons (Fsp3) is 0.200. The molecule has 0 aliphatic rings. The van der Waals surface area contributed by atoms with Gasteiger partial charge in [-0.2, -0.15) is 4.39 Å². The summed E-state index contributed by atoms with van der Waals surface area (Å²) in [5.74, 6) is 4.25. The number of carbonyl (C=O) groups excluding carboxylic acids is 1. The summed E-state index contributed by atoms with van der Waals surface area (Å²) in [5.41, 5.74) is 6.01. The first kappa shape index (κ1) is 10.2. The van der Waals surface area contributed by atoms with E-state index in [9.17, 15) is 9.18 Å². The molecule has 0 radical (unpaired) electrons. The molecular weight excluding hydrogens is 183 g/mol. The molecule has 3 nitrogen and oxygen atoms in total. The normalized spacial score (nSPS) is 9.00. The number of hydrogen-bond donors (Lipinski definition) is 1. The summed E-state index contributed by atoms with van der Waals surface area (Å²) in [4.78, 5) is 14.0. The van der Waals surface area contributed by atoms with Gasteiger partial charge in [-0.15, -0.1) is 0 Å². The first-order valence-electron chi connectivity index (χ1n) is 4.00. The minimum Gasteiger partial charge on any atom is -0.369 e. The van der Waals surface area contributed by atoms with Crippen molar-refractivity contribution in [3.05, 3.63) is 29.3 Å². The van der Waals surface area contributed by atoms with E-state index in [0.717, 1.165) is 0 Å². The number of hydrogen-bond acceptors (Lipinski definition) is 2. The van der Waals surface area contributed by atoms with E-state index >= 15 is 0 Å². The van der Waals surface area contributed by atoms with E-state index in [0.29, 0.717) is 11.3 Å². The summed E-state index contributed by atoms with van der Waals surface area (Å²) in [6.45, 7) is 1.65. The summed E-state index contributed by atoms with van der Waals surface area (Å²) >= 11 is 0. The van der Waals surface area contributed by atoms with Crippen molar-refractivity contribution in [2.75, 3.05) is 0 Å². The standard InChI is InChI=1S/C10H9FN2O/c1-7-8(3-2-4-10(12)14)5-6-9(11)13-7/h5-6H,4H2,1H3,(H2,12,14). The highest BCUT2D eigenvalue weighted by atomic mass is 19.1. The van der Waals surface area contributed by atoms with Crippen LogP contribution in [0.15, 0.2) is 12.1 Å². The summed E-state index contributed by atoms with van der Waals surface area (Å²) in [6, 6.07) is 2.74. The smallest absolute Gasteiger partial charge is 0.229 e. The highest BCUT2D eigenvalue weighted by Gasteiger charge is 1.97. The van der Waals surface area contributed by atoms with Crippen LogP contribution < -0.4 is 5.73 Å². The molecule has 14 heavy (non-hydrogen) atoms. The van der Waals surface area contributed by atoms with Gasteiger partial charge in [-0.05, 0) is 19.1 Å². The van der Waals surface area contributed by atoms with Crippen molar-refractivity contribution in [3.8, 4) is 11.8 Å².